The number of hydrogen-bond donors (Lipinski definition) is 2. The lowest BCUT2D eigenvalue weighted by atomic mass is 10.1. The summed E-state index contributed by atoms with van der Waals surface area (Å²) in [6, 6.07) is 6.27. The van der Waals surface area contributed by atoms with Gasteiger partial charge in [0, 0.05) is 25.1 Å². The van der Waals surface area contributed by atoms with E-state index in [0.29, 0.717) is 19.5 Å². The molecule has 27 heavy (non-hydrogen) atoms. The predicted molar refractivity (Wildman–Crippen MR) is 94.3 cm³/mol. The van der Waals surface area contributed by atoms with Gasteiger partial charge in [0.1, 0.15) is 11.8 Å². The van der Waals surface area contributed by atoms with Crippen molar-refractivity contribution in [2.45, 2.75) is 25.4 Å². The van der Waals surface area contributed by atoms with Gasteiger partial charge in [0.25, 0.3) is 5.91 Å². The third kappa shape index (κ3) is 3.23. The van der Waals surface area contributed by atoms with Gasteiger partial charge in [-0.1, -0.05) is 0 Å². The van der Waals surface area contributed by atoms with Crippen LogP contribution in [0.2, 0.25) is 0 Å². The van der Waals surface area contributed by atoms with Crippen LogP contribution >= 0.6 is 0 Å². The summed E-state index contributed by atoms with van der Waals surface area (Å²) in [6.45, 7) is 0.975. The van der Waals surface area contributed by atoms with E-state index in [1.165, 1.54) is 0 Å². The van der Waals surface area contributed by atoms with Crippen LogP contribution in [0, 0.1) is 0 Å². The first kappa shape index (κ1) is 17.1. The molecule has 9 nitrogen and oxygen atoms in total. The van der Waals surface area contributed by atoms with Gasteiger partial charge in [0.05, 0.1) is 31.1 Å². The van der Waals surface area contributed by atoms with E-state index in [9.17, 15) is 14.4 Å². The van der Waals surface area contributed by atoms with E-state index in [1.54, 1.807) is 18.2 Å². The van der Waals surface area contributed by atoms with E-state index >= 15 is 0 Å². The number of imide groups is 1. The zero-order valence-corrected chi connectivity index (χ0v) is 14.8. The minimum absolute atomic E-state index is 0.0421. The maximum Gasteiger partial charge on any atom is 0.322 e. The number of nitrogens with one attached hydrogen (secondary N) is 2. The van der Waals surface area contributed by atoms with Crippen molar-refractivity contribution in [1.29, 1.82) is 0 Å². The van der Waals surface area contributed by atoms with E-state index in [4.69, 9.17) is 4.74 Å². The van der Waals surface area contributed by atoms with Crippen LogP contribution in [-0.2, 0) is 22.6 Å². The van der Waals surface area contributed by atoms with Crippen LogP contribution in [0.25, 0.3) is 5.69 Å². The van der Waals surface area contributed by atoms with E-state index in [-0.39, 0.29) is 12.3 Å². The standard InChI is InChI=1S/C18H19N5O4/c1-27-13-4-2-12(3-5-13)23-15-6-7-22(10-11(15)9-19-23)16(24)8-14-17(25)21-18(26)20-14/h2-5,9,14H,6-8,10H2,1H3,(H2,20,21,25,26). The summed E-state index contributed by atoms with van der Waals surface area (Å²) in [6.07, 6.45) is 2.39. The van der Waals surface area contributed by atoms with E-state index in [2.05, 4.69) is 15.7 Å². The third-order valence-electron chi connectivity index (χ3n) is 4.84. The van der Waals surface area contributed by atoms with Crippen molar-refractivity contribution in [3.05, 3.63) is 41.7 Å². The molecule has 1 aromatic heterocycles. The predicted octanol–water partition coefficient (Wildman–Crippen LogP) is 0.364. The molecule has 2 N–H and O–H groups in total. The fourth-order valence-electron chi connectivity index (χ4n) is 3.40. The van der Waals surface area contributed by atoms with Crippen LogP contribution < -0.4 is 15.4 Å². The van der Waals surface area contributed by atoms with Crippen molar-refractivity contribution in [2.24, 2.45) is 0 Å². The van der Waals surface area contributed by atoms with Crippen LogP contribution in [0.1, 0.15) is 17.7 Å². The first-order valence-corrected chi connectivity index (χ1v) is 8.64. The Kier molecular flexibility index (Phi) is 4.27. The van der Waals surface area contributed by atoms with Gasteiger partial charge in [-0.3, -0.25) is 14.9 Å². The summed E-state index contributed by atoms with van der Waals surface area (Å²) in [5.74, 6) is 0.151. The van der Waals surface area contributed by atoms with Crippen LogP contribution in [0.15, 0.2) is 30.5 Å². The monoisotopic (exact) mass is 369 g/mol. The molecule has 4 amide bonds. The summed E-state index contributed by atoms with van der Waals surface area (Å²) < 4.78 is 7.06. The number of amides is 4. The summed E-state index contributed by atoms with van der Waals surface area (Å²) >= 11 is 0. The normalized spacial score (nSPS) is 18.7. The fraction of sp³-hybridized carbons (Fsp3) is 0.333. The highest BCUT2D eigenvalue weighted by Crippen LogP contribution is 2.23. The Hall–Kier alpha value is -3.36. The third-order valence-corrected chi connectivity index (χ3v) is 4.84. The molecular formula is C18H19N5O4. The number of ether oxygens (including phenoxy) is 1. The van der Waals surface area contributed by atoms with Gasteiger partial charge in [-0.2, -0.15) is 5.10 Å². The summed E-state index contributed by atoms with van der Waals surface area (Å²) in [4.78, 5) is 37.0. The van der Waals surface area contributed by atoms with Crippen molar-refractivity contribution in [1.82, 2.24) is 25.3 Å². The van der Waals surface area contributed by atoms with Gasteiger partial charge < -0.3 is 15.0 Å². The molecule has 1 aromatic carbocycles. The highest BCUT2D eigenvalue weighted by molar-refractivity contribution is 6.05. The highest BCUT2D eigenvalue weighted by Gasteiger charge is 2.33. The molecule has 2 aliphatic heterocycles. The smallest absolute Gasteiger partial charge is 0.322 e. The number of urea groups is 1. The van der Waals surface area contributed by atoms with Crippen LogP contribution in [-0.4, -0.2) is 52.2 Å². The molecule has 1 unspecified atom stereocenters. The molecule has 0 bridgehead atoms. The zero-order valence-electron chi connectivity index (χ0n) is 14.8. The Labute approximate surface area is 155 Å². The average molecular weight is 369 g/mol. The van der Waals surface area contributed by atoms with Crippen LogP contribution in [0.4, 0.5) is 4.79 Å². The molecule has 4 rings (SSSR count). The minimum Gasteiger partial charge on any atom is -0.497 e. The molecule has 2 aliphatic rings. The van der Waals surface area contributed by atoms with Gasteiger partial charge in [0.2, 0.25) is 5.91 Å². The largest absolute Gasteiger partial charge is 0.497 e. The van der Waals surface area contributed by atoms with Crippen molar-refractivity contribution in [2.75, 3.05) is 13.7 Å². The number of aromatic nitrogens is 2. The lowest BCUT2D eigenvalue weighted by Gasteiger charge is -2.28. The Morgan fingerprint density at radius 3 is 2.74 bits per heavy atom. The molecular weight excluding hydrogens is 350 g/mol. The number of rotatable bonds is 4. The average Bonchev–Trinajstić information content (AvgIpc) is 3.23. The zero-order chi connectivity index (χ0) is 19.0. The topological polar surface area (TPSA) is 106 Å². The number of methoxy groups -OCH3 is 1. The van der Waals surface area contributed by atoms with Gasteiger partial charge in [0.15, 0.2) is 0 Å². The van der Waals surface area contributed by atoms with E-state index < -0.39 is 18.0 Å². The molecule has 2 aromatic rings. The number of carbonyl (C=O) groups is 3. The van der Waals surface area contributed by atoms with Crippen molar-refractivity contribution in [3.63, 3.8) is 0 Å². The molecule has 0 radical (unpaired) electrons. The molecule has 1 atom stereocenters. The van der Waals surface area contributed by atoms with Crippen LogP contribution in [0.3, 0.4) is 0 Å². The van der Waals surface area contributed by atoms with Gasteiger partial charge >= 0.3 is 6.03 Å². The van der Waals surface area contributed by atoms with Crippen molar-refractivity contribution < 1.29 is 19.1 Å². The van der Waals surface area contributed by atoms with Gasteiger partial charge in [-0.05, 0) is 24.3 Å². The lowest BCUT2D eigenvalue weighted by Crippen LogP contribution is -2.41. The van der Waals surface area contributed by atoms with E-state index in [1.807, 2.05) is 28.9 Å². The molecule has 9 heteroatoms. The number of nitrogens with zero attached hydrogens (tertiary/aromatic N) is 3. The molecule has 0 aliphatic carbocycles. The van der Waals surface area contributed by atoms with E-state index in [0.717, 1.165) is 22.7 Å². The SMILES string of the molecule is COc1ccc(-n2ncc3c2CCN(C(=O)CC2NC(=O)NC2=O)C3)cc1. The molecule has 140 valence electrons. The Bertz CT molecular complexity index is 905. The maximum absolute atomic E-state index is 12.5. The Balaban J connectivity index is 1.46. The number of carbonyl (C=O) groups excluding carboxylic acids is 3. The summed E-state index contributed by atoms with van der Waals surface area (Å²) in [5.41, 5.74) is 2.98. The molecule has 0 spiro atoms. The van der Waals surface area contributed by atoms with Crippen molar-refractivity contribution in [3.8, 4) is 11.4 Å². The lowest BCUT2D eigenvalue weighted by molar-refractivity contribution is -0.134. The van der Waals surface area contributed by atoms with Crippen LogP contribution in [0.5, 0.6) is 5.75 Å². The maximum atomic E-state index is 12.5. The second kappa shape index (κ2) is 6.75. The van der Waals surface area contributed by atoms with Gasteiger partial charge in [-0.25, -0.2) is 9.48 Å². The number of benzene rings is 1. The summed E-state index contributed by atoms with van der Waals surface area (Å²) in [5, 5.41) is 9.05. The fourth-order valence-corrected chi connectivity index (χ4v) is 3.40. The second-order valence-electron chi connectivity index (χ2n) is 6.51. The highest BCUT2D eigenvalue weighted by atomic mass is 16.5. The van der Waals surface area contributed by atoms with Crippen molar-refractivity contribution >= 4 is 17.8 Å². The molecule has 1 fully saturated rings. The Morgan fingerprint density at radius 2 is 2.07 bits per heavy atom. The minimum atomic E-state index is -0.798. The second-order valence-corrected chi connectivity index (χ2v) is 6.51. The number of hydrogen-bond acceptors (Lipinski definition) is 5. The number of fused-ring (bicyclic) bond motifs is 1. The quantitative estimate of drug-likeness (QED) is 0.757. The van der Waals surface area contributed by atoms with Gasteiger partial charge in [-0.15, -0.1) is 0 Å². The Morgan fingerprint density at radius 1 is 1.30 bits per heavy atom. The first-order valence-electron chi connectivity index (χ1n) is 8.64. The first-order chi connectivity index (χ1) is 13.0. The summed E-state index contributed by atoms with van der Waals surface area (Å²) in [7, 11) is 1.62. The molecule has 1 saturated heterocycles. The molecule has 3 heterocycles. The molecule has 0 saturated carbocycles.